The van der Waals surface area contributed by atoms with E-state index in [9.17, 15) is 0 Å². The summed E-state index contributed by atoms with van der Waals surface area (Å²) in [5.41, 5.74) is 5.85. The van der Waals surface area contributed by atoms with Crippen LogP contribution in [0.1, 0.15) is 25.1 Å². The molecule has 0 bridgehead atoms. The first-order chi connectivity index (χ1) is 7.81. The molecule has 1 aliphatic carbocycles. The second kappa shape index (κ2) is 5.24. The van der Waals surface area contributed by atoms with Crippen LogP contribution in [0, 0.1) is 0 Å². The third-order valence-corrected chi connectivity index (χ3v) is 3.17. The van der Waals surface area contributed by atoms with E-state index in [0.717, 1.165) is 25.2 Å². The highest BCUT2D eigenvalue weighted by atomic mass is 127. The van der Waals surface area contributed by atoms with E-state index < -0.39 is 0 Å². The summed E-state index contributed by atoms with van der Waals surface area (Å²) < 4.78 is 2.20. The summed E-state index contributed by atoms with van der Waals surface area (Å²) >= 11 is 0. The number of fused-ring (bicyclic) bond motifs is 1. The van der Waals surface area contributed by atoms with Crippen LogP contribution >= 0.6 is 24.0 Å². The molecular formula is C11H18IN5. The number of aromatic nitrogens is 2. The van der Waals surface area contributed by atoms with Crippen LogP contribution in [-0.4, -0.2) is 27.6 Å². The molecular weight excluding hydrogens is 329 g/mol. The molecule has 3 rings (SSSR count). The van der Waals surface area contributed by atoms with E-state index in [0.29, 0.717) is 18.0 Å². The Balaban J connectivity index is 0.00000108. The minimum Gasteiger partial charge on any atom is -0.370 e. The number of nitrogens with two attached hydrogens (primary N) is 1. The predicted octanol–water partition coefficient (Wildman–Crippen LogP) is 0.883. The summed E-state index contributed by atoms with van der Waals surface area (Å²) in [7, 11) is 0. The molecule has 2 aliphatic rings. The Labute approximate surface area is 118 Å². The lowest BCUT2D eigenvalue weighted by molar-refractivity contribution is 0.434. The van der Waals surface area contributed by atoms with E-state index in [4.69, 9.17) is 5.73 Å². The van der Waals surface area contributed by atoms with Crippen LogP contribution in [0.15, 0.2) is 17.4 Å². The number of aliphatic imine (C=N–C) groups is 1. The van der Waals surface area contributed by atoms with Crippen LogP contribution in [0.3, 0.4) is 0 Å². The normalized spacial score (nSPS) is 23.8. The number of rotatable bonds is 2. The molecule has 1 aromatic rings. The number of hydrogen-bond acceptors (Lipinski definition) is 2. The molecule has 0 amide bonds. The van der Waals surface area contributed by atoms with Crippen molar-refractivity contribution in [2.45, 2.75) is 44.3 Å². The molecule has 2 heterocycles. The molecule has 6 heteroatoms. The minimum atomic E-state index is 0. The van der Waals surface area contributed by atoms with Gasteiger partial charge in [0.25, 0.3) is 0 Å². The van der Waals surface area contributed by atoms with Crippen molar-refractivity contribution in [1.29, 1.82) is 0 Å². The molecule has 94 valence electrons. The molecule has 1 atom stereocenters. The van der Waals surface area contributed by atoms with E-state index in [1.807, 2.05) is 12.4 Å². The van der Waals surface area contributed by atoms with E-state index in [1.165, 1.54) is 12.8 Å². The summed E-state index contributed by atoms with van der Waals surface area (Å²) in [6.45, 7) is 1.02. The topological polar surface area (TPSA) is 68.2 Å². The predicted molar refractivity (Wildman–Crippen MR) is 77.5 cm³/mol. The van der Waals surface area contributed by atoms with Gasteiger partial charge in [-0.3, -0.25) is 4.99 Å². The molecule has 1 unspecified atom stereocenters. The zero-order chi connectivity index (χ0) is 11.0. The Hall–Kier alpha value is -0.790. The Bertz CT molecular complexity index is 410. The van der Waals surface area contributed by atoms with E-state index >= 15 is 0 Å². The van der Waals surface area contributed by atoms with Crippen molar-refractivity contribution in [3.8, 4) is 0 Å². The molecule has 0 spiro atoms. The van der Waals surface area contributed by atoms with Crippen LogP contribution in [0.2, 0.25) is 0 Å². The number of imidazole rings is 1. The zero-order valence-corrected chi connectivity index (χ0v) is 12.0. The fraction of sp³-hybridized carbons (Fsp3) is 0.636. The number of guanidine groups is 1. The average Bonchev–Trinajstić information content (AvgIpc) is 2.95. The van der Waals surface area contributed by atoms with Crippen LogP contribution in [0.25, 0.3) is 0 Å². The molecule has 1 fully saturated rings. The van der Waals surface area contributed by atoms with Gasteiger partial charge in [-0.25, -0.2) is 4.98 Å². The number of nitrogens with zero attached hydrogens (tertiary/aromatic N) is 3. The van der Waals surface area contributed by atoms with Gasteiger partial charge in [-0.1, -0.05) is 0 Å². The maximum Gasteiger partial charge on any atom is 0.189 e. The second-order valence-electron chi connectivity index (χ2n) is 4.62. The molecule has 1 saturated carbocycles. The Kier molecular flexibility index (Phi) is 3.90. The Morgan fingerprint density at radius 3 is 3.06 bits per heavy atom. The summed E-state index contributed by atoms with van der Waals surface area (Å²) in [5.74, 6) is 1.75. The van der Waals surface area contributed by atoms with E-state index in [2.05, 4.69) is 19.9 Å². The number of halogens is 1. The SMILES string of the molecule is I.NC(=NC1CC1)NC1CCn2ccnc2C1. The van der Waals surface area contributed by atoms with Crippen LogP contribution in [0.5, 0.6) is 0 Å². The van der Waals surface area contributed by atoms with Gasteiger partial charge in [-0.15, -0.1) is 24.0 Å². The zero-order valence-electron chi connectivity index (χ0n) is 9.67. The highest BCUT2D eigenvalue weighted by Crippen LogP contribution is 2.23. The molecule has 0 aromatic carbocycles. The van der Waals surface area contributed by atoms with E-state index in [-0.39, 0.29) is 24.0 Å². The van der Waals surface area contributed by atoms with Crippen molar-refractivity contribution in [1.82, 2.24) is 14.9 Å². The lowest BCUT2D eigenvalue weighted by Gasteiger charge is -2.24. The van der Waals surface area contributed by atoms with Crippen molar-refractivity contribution in [3.63, 3.8) is 0 Å². The van der Waals surface area contributed by atoms with Crippen molar-refractivity contribution >= 4 is 29.9 Å². The van der Waals surface area contributed by atoms with Gasteiger partial charge in [-0.2, -0.15) is 0 Å². The fourth-order valence-electron chi connectivity index (χ4n) is 2.12. The van der Waals surface area contributed by atoms with Crippen LogP contribution < -0.4 is 11.1 Å². The highest BCUT2D eigenvalue weighted by molar-refractivity contribution is 14.0. The summed E-state index contributed by atoms with van der Waals surface area (Å²) in [4.78, 5) is 8.71. The first-order valence-corrected chi connectivity index (χ1v) is 5.91. The largest absolute Gasteiger partial charge is 0.370 e. The van der Waals surface area contributed by atoms with Gasteiger partial charge < -0.3 is 15.6 Å². The maximum atomic E-state index is 5.85. The van der Waals surface area contributed by atoms with Gasteiger partial charge in [-0.05, 0) is 19.3 Å². The maximum absolute atomic E-state index is 5.85. The summed E-state index contributed by atoms with van der Waals surface area (Å²) in [6.07, 6.45) is 8.31. The standard InChI is InChI=1S/C11H17N5.HI/c12-11(14-8-1-2-8)15-9-3-5-16-6-4-13-10(16)7-9;/h4,6,8-9H,1-3,5,7H2,(H3,12,14,15);1H. The van der Waals surface area contributed by atoms with Gasteiger partial charge in [0.1, 0.15) is 5.82 Å². The minimum absolute atomic E-state index is 0. The lowest BCUT2D eigenvalue weighted by atomic mass is 10.1. The average molecular weight is 347 g/mol. The molecule has 1 aliphatic heterocycles. The molecule has 0 radical (unpaired) electrons. The molecule has 3 N–H and O–H groups in total. The van der Waals surface area contributed by atoms with Gasteiger partial charge in [0.05, 0.1) is 6.04 Å². The Morgan fingerprint density at radius 1 is 1.47 bits per heavy atom. The Morgan fingerprint density at radius 2 is 2.29 bits per heavy atom. The summed E-state index contributed by atoms with van der Waals surface area (Å²) in [5, 5.41) is 3.30. The lowest BCUT2D eigenvalue weighted by Crippen LogP contribution is -2.44. The summed E-state index contributed by atoms with van der Waals surface area (Å²) in [6, 6.07) is 0.871. The van der Waals surface area contributed by atoms with Crippen molar-refractivity contribution in [2.75, 3.05) is 0 Å². The van der Waals surface area contributed by atoms with Gasteiger partial charge in [0.15, 0.2) is 5.96 Å². The van der Waals surface area contributed by atoms with E-state index in [1.54, 1.807) is 0 Å². The fourth-order valence-corrected chi connectivity index (χ4v) is 2.12. The highest BCUT2D eigenvalue weighted by Gasteiger charge is 2.22. The molecule has 0 saturated heterocycles. The van der Waals surface area contributed by atoms with Crippen molar-refractivity contribution in [3.05, 3.63) is 18.2 Å². The van der Waals surface area contributed by atoms with Crippen molar-refractivity contribution in [2.24, 2.45) is 10.7 Å². The van der Waals surface area contributed by atoms with Crippen LogP contribution in [-0.2, 0) is 13.0 Å². The first-order valence-electron chi connectivity index (χ1n) is 5.91. The third kappa shape index (κ3) is 3.11. The van der Waals surface area contributed by atoms with Gasteiger partial charge in [0, 0.05) is 31.4 Å². The molecule has 1 aromatic heterocycles. The number of aryl methyl sites for hydroxylation is 1. The van der Waals surface area contributed by atoms with Gasteiger partial charge in [0.2, 0.25) is 0 Å². The second-order valence-corrected chi connectivity index (χ2v) is 4.62. The first kappa shape index (κ1) is 12.7. The number of hydrogen-bond donors (Lipinski definition) is 2. The quantitative estimate of drug-likeness (QED) is 0.474. The number of nitrogens with one attached hydrogen (secondary N) is 1. The molecule has 17 heavy (non-hydrogen) atoms. The third-order valence-electron chi connectivity index (χ3n) is 3.17. The monoisotopic (exact) mass is 347 g/mol. The van der Waals surface area contributed by atoms with Crippen LogP contribution in [0.4, 0.5) is 0 Å². The smallest absolute Gasteiger partial charge is 0.189 e. The van der Waals surface area contributed by atoms with Gasteiger partial charge >= 0.3 is 0 Å². The molecule has 5 nitrogen and oxygen atoms in total. The van der Waals surface area contributed by atoms with Crippen molar-refractivity contribution < 1.29 is 0 Å².